The van der Waals surface area contributed by atoms with Gasteiger partial charge in [0.1, 0.15) is 5.03 Å². The first-order chi connectivity index (χ1) is 10.8. The van der Waals surface area contributed by atoms with Crippen molar-refractivity contribution in [3.05, 3.63) is 23.9 Å². The summed E-state index contributed by atoms with van der Waals surface area (Å²) >= 11 is 2.06. The minimum Gasteiger partial charge on any atom is -0.294 e. The molecule has 0 spiro atoms. The predicted molar refractivity (Wildman–Crippen MR) is 95.4 cm³/mol. The second kappa shape index (κ2) is 7.83. The summed E-state index contributed by atoms with van der Waals surface area (Å²) in [5.41, 5.74) is 1.49. The number of nitrogens with zero attached hydrogens (tertiary/aromatic N) is 2. The highest BCUT2D eigenvalue weighted by atomic mass is 32.2. The third-order valence-corrected chi connectivity index (χ3v) is 6.57. The molecule has 1 saturated carbocycles. The molecule has 2 nitrogen and oxygen atoms in total. The summed E-state index contributed by atoms with van der Waals surface area (Å²) in [5.74, 6) is 0. The van der Waals surface area contributed by atoms with Crippen LogP contribution in [0.5, 0.6) is 0 Å². The fourth-order valence-corrected chi connectivity index (χ4v) is 5.35. The standard InChI is InChI=1S/C19H30N2S/c1-15(2)21-14-7-6-12-18(21)17-11-8-13-20-19(17)22-16-9-4-3-5-10-16/h8,11,13,15-16,18H,3-7,9-10,12,14H2,1-2H3. The van der Waals surface area contributed by atoms with Crippen molar-refractivity contribution in [1.29, 1.82) is 0 Å². The second-order valence-corrected chi connectivity index (χ2v) is 8.41. The number of rotatable bonds is 4. The Morgan fingerprint density at radius 3 is 2.64 bits per heavy atom. The van der Waals surface area contributed by atoms with E-state index in [1.807, 2.05) is 6.20 Å². The molecular formula is C19H30N2S. The van der Waals surface area contributed by atoms with Gasteiger partial charge >= 0.3 is 0 Å². The molecule has 1 aliphatic heterocycles. The molecule has 1 saturated heterocycles. The van der Waals surface area contributed by atoms with Crippen molar-refractivity contribution in [2.24, 2.45) is 0 Å². The number of pyridine rings is 1. The zero-order valence-electron chi connectivity index (χ0n) is 14.1. The van der Waals surface area contributed by atoms with E-state index in [1.54, 1.807) is 0 Å². The van der Waals surface area contributed by atoms with E-state index in [2.05, 4.69) is 42.6 Å². The normalized spacial score (nSPS) is 24.8. The van der Waals surface area contributed by atoms with Gasteiger partial charge < -0.3 is 0 Å². The Balaban J connectivity index is 1.79. The number of likely N-dealkylation sites (tertiary alicyclic amines) is 1. The lowest BCUT2D eigenvalue weighted by atomic mass is 9.95. The van der Waals surface area contributed by atoms with Crippen molar-refractivity contribution < 1.29 is 0 Å². The molecule has 0 aromatic carbocycles. The molecule has 0 amide bonds. The van der Waals surface area contributed by atoms with Gasteiger partial charge in [0, 0.05) is 29.1 Å². The van der Waals surface area contributed by atoms with Crippen molar-refractivity contribution in [3.8, 4) is 0 Å². The van der Waals surface area contributed by atoms with Crippen LogP contribution in [-0.2, 0) is 0 Å². The average Bonchev–Trinajstić information content (AvgIpc) is 2.56. The van der Waals surface area contributed by atoms with Crippen LogP contribution < -0.4 is 0 Å². The Morgan fingerprint density at radius 2 is 1.86 bits per heavy atom. The number of thioether (sulfide) groups is 1. The molecule has 2 heterocycles. The van der Waals surface area contributed by atoms with Gasteiger partial charge in [0.15, 0.2) is 0 Å². The van der Waals surface area contributed by atoms with E-state index >= 15 is 0 Å². The second-order valence-electron chi connectivity index (χ2n) is 7.12. The average molecular weight is 319 g/mol. The van der Waals surface area contributed by atoms with Crippen LogP contribution in [0.25, 0.3) is 0 Å². The van der Waals surface area contributed by atoms with Gasteiger partial charge in [-0.25, -0.2) is 4.98 Å². The maximum absolute atomic E-state index is 4.78. The largest absolute Gasteiger partial charge is 0.294 e. The highest BCUT2D eigenvalue weighted by Crippen LogP contribution is 2.40. The quantitative estimate of drug-likeness (QED) is 0.735. The van der Waals surface area contributed by atoms with Crippen LogP contribution in [0.3, 0.4) is 0 Å². The predicted octanol–water partition coefficient (Wildman–Crippen LogP) is 5.44. The molecule has 1 aromatic rings. The van der Waals surface area contributed by atoms with E-state index in [0.717, 1.165) is 5.25 Å². The summed E-state index contributed by atoms with van der Waals surface area (Å²) < 4.78 is 0. The highest BCUT2D eigenvalue weighted by Gasteiger charge is 2.29. The summed E-state index contributed by atoms with van der Waals surface area (Å²) in [6.07, 6.45) is 13.0. The number of aromatic nitrogens is 1. The monoisotopic (exact) mass is 318 g/mol. The molecule has 1 aromatic heterocycles. The number of piperidine rings is 1. The van der Waals surface area contributed by atoms with Crippen LogP contribution in [0.15, 0.2) is 23.4 Å². The van der Waals surface area contributed by atoms with Crippen LogP contribution in [-0.4, -0.2) is 27.7 Å². The third kappa shape index (κ3) is 3.86. The molecule has 3 heteroatoms. The Hall–Kier alpha value is -0.540. The summed E-state index contributed by atoms with van der Waals surface area (Å²) in [4.78, 5) is 7.46. The Kier molecular flexibility index (Phi) is 5.81. The van der Waals surface area contributed by atoms with E-state index in [9.17, 15) is 0 Å². The lowest BCUT2D eigenvalue weighted by molar-refractivity contribution is 0.110. The number of hydrogen-bond donors (Lipinski definition) is 0. The van der Waals surface area contributed by atoms with Crippen molar-refractivity contribution in [2.45, 2.75) is 87.6 Å². The molecular weight excluding hydrogens is 288 g/mol. The van der Waals surface area contributed by atoms with E-state index in [-0.39, 0.29) is 0 Å². The molecule has 0 N–H and O–H groups in total. The molecule has 0 bridgehead atoms. The lowest BCUT2D eigenvalue weighted by Gasteiger charge is -2.39. The first-order valence-electron chi connectivity index (χ1n) is 9.13. The Morgan fingerprint density at radius 1 is 1.09 bits per heavy atom. The first-order valence-corrected chi connectivity index (χ1v) is 10.0. The fraction of sp³-hybridized carbons (Fsp3) is 0.737. The summed E-state index contributed by atoms with van der Waals surface area (Å²) in [6.45, 7) is 5.91. The molecule has 2 aliphatic rings. The Labute approximate surface area is 140 Å². The molecule has 1 aliphatic carbocycles. The van der Waals surface area contributed by atoms with E-state index in [1.165, 1.54) is 68.5 Å². The van der Waals surface area contributed by atoms with Gasteiger partial charge in [-0.3, -0.25) is 4.90 Å². The Bertz CT molecular complexity index is 468. The highest BCUT2D eigenvalue weighted by molar-refractivity contribution is 7.99. The van der Waals surface area contributed by atoms with Crippen molar-refractivity contribution >= 4 is 11.8 Å². The minimum atomic E-state index is 0.577. The minimum absolute atomic E-state index is 0.577. The van der Waals surface area contributed by atoms with Crippen LogP contribution in [0.1, 0.15) is 76.8 Å². The lowest BCUT2D eigenvalue weighted by Crippen LogP contribution is -2.38. The number of hydrogen-bond acceptors (Lipinski definition) is 3. The van der Waals surface area contributed by atoms with E-state index in [0.29, 0.717) is 12.1 Å². The maximum Gasteiger partial charge on any atom is 0.101 e. The first kappa shape index (κ1) is 16.3. The van der Waals surface area contributed by atoms with Gasteiger partial charge in [-0.2, -0.15) is 0 Å². The summed E-state index contributed by atoms with van der Waals surface area (Å²) in [6, 6.07) is 5.67. The van der Waals surface area contributed by atoms with Crippen molar-refractivity contribution in [2.75, 3.05) is 6.54 Å². The summed E-state index contributed by atoms with van der Waals surface area (Å²) in [7, 11) is 0. The third-order valence-electron chi connectivity index (χ3n) is 5.20. The van der Waals surface area contributed by atoms with E-state index in [4.69, 9.17) is 4.98 Å². The van der Waals surface area contributed by atoms with Gasteiger partial charge in [-0.1, -0.05) is 31.7 Å². The smallest absolute Gasteiger partial charge is 0.101 e. The zero-order chi connectivity index (χ0) is 15.4. The fourth-order valence-electron chi connectivity index (χ4n) is 4.00. The van der Waals surface area contributed by atoms with Gasteiger partial charge in [0.2, 0.25) is 0 Å². The van der Waals surface area contributed by atoms with Gasteiger partial charge in [-0.05, 0) is 52.1 Å². The zero-order valence-corrected chi connectivity index (χ0v) is 14.9. The van der Waals surface area contributed by atoms with Gasteiger partial charge in [0.05, 0.1) is 0 Å². The van der Waals surface area contributed by atoms with Crippen molar-refractivity contribution in [3.63, 3.8) is 0 Å². The van der Waals surface area contributed by atoms with Crippen LogP contribution >= 0.6 is 11.8 Å². The van der Waals surface area contributed by atoms with E-state index < -0.39 is 0 Å². The van der Waals surface area contributed by atoms with Gasteiger partial charge in [-0.15, -0.1) is 11.8 Å². The van der Waals surface area contributed by atoms with Crippen LogP contribution in [0, 0.1) is 0 Å². The molecule has 2 fully saturated rings. The molecule has 122 valence electrons. The van der Waals surface area contributed by atoms with Crippen LogP contribution in [0.2, 0.25) is 0 Å². The molecule has 0 radical (unpaired) electrons. The summed E-state index contributed by atoms with van der Waals surface area (Å²) in [5, 5.41) is 2.10. The van der Waals surface area contributed by atoms with Crippen LogP contribution in [0.4, 0.5) is 0 Å². The SMILES string of the molecule is CC(C)N1CCCCC1c1cccnc1SC1CCCCC1. The maximum atomic E-state index is 4.78. The molecule has 3 rings (SSSR count). The molecule has 22 heavy (non-hydrogen) atoms. The van der Waals surface area contributed by atoms with Crippen molar-refractivity contribution in [1.82, 2.24) is 9.88 Å². The topological polar surface area (TPSA) is 16.1 Å². The molecule has 1 atom stereocenters. The molecule has 1 unspecified atom stereocenters. The van der Waals surface area contributed by atoms with Gasteiger partial charge in [0.25, 0.3) is 0 Å².